The van der Waals surface area contributed by atoms with E-state index in [0.29, 0.717) is 0 Å². The first-order valence-electron chi connectivity index (χ1n) is 3.06. The molecule has 2 nitrogen and oxygen atoms in total. The van der Waals surface area contributed by atoms with Crippen molar-refractivity contribution in [3.63, 3.8) is 0 Å². The van der Waals surface area contributed by atoms with Crippen LogP contribution in [0.1, 0.15) is 0 Å². The maximum atomic E-state index is 12.5. The second-order valence-corrected chi connectivity index (χ2v) is 2.09. The number of ether oxygens (including phenoxy) is 1. The molecule has 1 aromatic rings. The van der Waals surface area contributed by atoms with E-state index in [0.717, 1.165) is 0 Å². The molecule has 1 heterocycles. The highest BCUT2D eigenvalue weighted by atomic mass is 19.4. The predicted octanol–water partition coefficient (Wildman–Crippen LogP) is 2.40. The van der Waals surface area contributed by atoms with E-state index in [9.17, 15) is 26.3 Å². The lowest BCUT2D eigenvalue weighted by Gasteiger charge is -2.08. The number of hydrogen-bond acceptors (Lipinski definition) is 2. The molecule has 0 aliphatic carbocycles. The molecule has 0 saturated carbocycles. The highest BCUT2D eigenvalue weighted by Crippen LogP contribution is 2.26. The Hall–Kier alpha value is -1.47. The molecule has 0 atom stereocenters. The third kappa shape index (κ3) is 2.27. The maximum absolute atomic E-state index is 12.5. The summed E-state index contributed by atoms with van der Waals surface area (Å²) >= 11 is 0. The van der Waals surface area contributed by atoms with Gasteiger partial charge in [-0.25, -0.2) is 4.98 Å². The molecule has 0 aliphatic rings. The Morgan fingerprint density at radius 1 is 1.07 bits per heavy atom. The van der Waals surface area contributed by atoms with Gasteiger partial charge < -0.3 is 4.74 Å². The maximum Gasteiger partial charge on any atom is 0.573 e. The van der Waals surface area contributed by atoms with Gasteiger partial charge in [0.25, 0.3) is 5.95 Å². The van der Waals surface area contributed by atoms with Gasteiger partial charge >= 0.3 is 6.36 Å². The van der Waals surface area contributed by atoms with Gasteiger partial charge in [0, 0.05) is 0 Å². The number of aromatic nitrogens is 1. The van der Waals surface area contributed by atoms with Crippen LogP contribution in [0.5, 0.6) is 5.75 Å². The van der Waals surface area contributed by atoms with E-state index < -0.39 is 29.7 Å². The summed E-state index contributed by atoms with van der Waals surface area (Å²) in [6.45, 7) is 0. The Morgan fingerprint density at radius 3 is 2.14 bits per heavy atom. The van der Waals surface area contributed by atoms with Gasteiger partial charge in [0.2, 0.25) is 11.6 Å². The zero-order valence-electron chi connectivity index (χ0n) is 6.20. The molecule has 0 radical (unpaired) electrons. The van der Waals surface area contributed by atoms with Gasteiger partial charge in [-0.3, -0.25) is 0 Å². The van der Waals surface area contributed by atoms with Crippen molar-refractivity contribution in [1.29, 1.82) is 0 Å². The SMILES string of the molecule is Fc1ncc(OC(F)(F)F)c(F)c1F. The van der Waals surface area contributed by atoms with Crippen molar-refractivity contribution in [2.75, 3.05) is 0 Å². The lowest BCUT2D eigenvalue weighted by molar-refractivity contribution is -0.275. The van der Waals surface area contributed by atoms with Gasteiger partial charge in [-0.1, -0.05) is 0 Å². The number of alkyl halides is 3. The molecule has 0 saturated heterocycles. The third-order valence-corrected chi connectivity index (χ3v) is 1.11. The molecule has 1 rings (SSSR count). The largest absolute Gasteiger partial charge is 0.573 e. The first-order chi connectivity index (χ1) is 6.31. The lowest BCUT2D eigenvalue weighted by Crippen LogP contribution is -2.18. The molecule has 0 amide bonds. The van der Waals surface area contributed by atoms with Gasteiger partial charge in [0.15, 0.2) is 5.75 Å². The van der Waals surface area contributed by atoms with Crippen LogP contribution in [0.2, 0.25) is 0 Å². The summed E-state index contributed by atoms with van der Waals surface area (Å²) in [6.07, 6.45) is -5.09. The molecule has 0 unspecified atom stereocenters. The smallest absolute Gasteiger partial charge is 0.401 e. The van der Waals surface area contributed by atoms with E-state index in [2.05, 4.69) is 9.72 Å². The molecule has 8 heteroatoms. The van der Waals surface area contributed by atoms with Crippen LogP contribution in [-0.4, -0.2) is 11.3 Å². The molecular weight excluding hydrogens is 216 g/mol. The highest BCUT2D eigenvalue weighted by molar-refractivity contribution is 5.20. The van der Waals surface area contributed by atoms with E-state index in [1.54, 1.807) is 0 Å². The fourth-order valence-corrected chi connectivity index (χ4v) is 0.623. The Bertz CT molecular complexity index is 349. The molecule has 78 valence electrons. The number of pyridine rings is 1. The normalized spacial score (nSPS) is 11.6. The Kier molecular flexibility index (Phi) is 2.54. The summed E-state index contributed by atoms with van der Waals surface area (Å²) in [6, 6.07) is 0. The second kappa shape index (κ2) is 3.35. The molecular formula is C6HF6NO. The average Bonchev–Trinajstić information content (AvgIpc) is 2.04. The van der Waals surface area contributed by atoms with Gasteiger partial charge in [0.1, 0.15) is 0 Å². The van der Waals surface area contributed by atoms with Crippen LogP contribution in [0.25, 0.3) is 0 Å². The van der Waals surface area contributed by atoms with Crippen LogP contribution in [0.4, 0.5) is 26.3 Å². The Morgan fingerprint density at radius 2 is 1.64 bits per heavy atom. The van der Waals surface area contributed by atoms with Crippen LogP contribution < -0.4 is 4.74 Å². The number of halogens is 6. The van der Waals surface area contributed by atoms with E-state index in [4.69, 9.17) is 0 Å². The lowest BCUT2D eigenvalue weighted by atomic mass is 10.4. The highest BCUT2D eigenvalue weighted by Gasteiger charge is 2.33. The first kappa shape index (κ1) is 10.6. The van der Waals surface area contributed by atoms with Crippen LogP contribution in [0.15, 0.2) is 6.20 Å². The van der Waals surface area contributed by atoms with Crippen LogP contribution in [-0.2, 0) is 0 Å². The molecule has 0 fully saturated rings. The molecule has 0 spiro atoms. The summed E-state index contributed by atoms with van der Waals surface area (Å²) in [5.74, 6) is -7.55. The fraction of sp³-hybridized carbons (Fsp3) is 0.167. The van der Waals surface area contributed by atoms with Crippen molar-refractivity contribution in [3.8, 4) is 5.75 Å². The molecule has 0 bridgehead atoms. The van der Waals surface area contributed by atoms with Gasteiger partial charge in [0.05, 0.1) is 6.20 Å². The molecule has 1 aromatic heterocycles. The zero-order chi connectivity index (χ0) is 10.9. The average molecular weight is 217 g/mol. The van der Waals surface area contributed by atoms with Gasteiger partial charge in [-0.05, 0) is 0 Å². The first-order valence-corrected chi connectivity index (χ1v) is 3.06. The predicted molar refractivity (Wildman–Crippen MR) is 30.8 cm³/mol. The minimum atomic E-state index is -5.19. The summed E-state index contributed by atoms with van der Waals surface area (Å²) in [5, 5.41) is 0. The fourth-order valence-electron chi connectivity index (χ4n) is 0.623. The minimum Gasteiger partial charge on any atom is -0.401 e. The van der Waals surface area contributed by atoms with E-state index in [-0.39, 0.29) is 6.20 Å². The second-order valence-electron chi connectivity index (χ2n) is 2.09. The number of hydrogen-bond donors (Lipinski definition) is 0. The quantitative estimate of drug-likeness (QED) is 0.532. The van der Waals surface area contributed by atoms with Crippen LogP contribution >= 0.6 is 0 Å². The molecule has 14 heavy (non-hydrogen) atoms. The van der Waals surface area contributed by atoms with Crippen LogP contribution in [0.3, 0.4) is 0 Å². The third-order valence-electron chi connectivity index (χ3n) is 1.11. The van der Waals surface area contributed by atoms with Gasteiger partial charge in [-0.2, -0.15) is 13.2 Å². The molecule has 0 aromatic carbocycles. The molecule has 0 aliphatic heterocycles. The summed E-state index contributed by atoms with van der Waals surface area (Å²) in [7, 11) is 0. The monoisotopic (exact) mass is 217 g/mol. The summed E-state index contributed by atoms with van der Waals surface area (Å²) in [5.41, 5.74) is 0. The Labute approximate surface area is 73.1 Å². The summed E-state index contributed by atoms with van der Waals surface area (Å²) in [4.78, 5) is 2.52. The summed E-state index contributed by atoms with van der Waals surface area (Å²) < 4.78 is 74.5. The minimum absolute atomic E-state index is 0.0984. The van der Waals surface area contributed by atoms with Crippen molar-refractivity contribution in [3.05, 3.63) is 23.8 Å². The van der Waals surface area contributed by atoms with Crippen molar-refractivity contribution in [2.24, 2.45) is 0 Å². The standard InChI is InChI=1S/C6HF6NO/c7-3-2(14-6(10,11)12)1-13-5(9)4(3)8/h1H. The Balaban J connectivity index is 3.06. The van der Waals surface area contributed by atoms with Crippen molar-refractivity contribution in [1.82, 2.24) is 4.98 Å². The topological polar surface area (TPSA) is 22.1 Å². The van der Waals surface area contributed by atoms with Crippen LogP contribution in [0, 0.1) is 17.6 Å². The molecule has 0 N–H and O–H groups in total. The van der Waals surface area contributed by atoms with Gasteiger partial charge in [-0.15, -0.1) is 13.2 Å². The van der Waals surface area contributed by atoms with E-state index in [1.807, 2.05) is 0 Å². The van der Waals surface area contributed by atoms with E-state index >= 15 is 0 Å². The van der Waals surface area contributed by atoms with Crippen molar-refractivity contribution >= 4 is 0 Å². The van der Waals surface area contributed by atoms with Crippen molar-refractivity contribution in [2.45, 2.75) is 6.36 Å². The zero-order valence-corrected chi connectivity index (χ0v) is 6.20. The number of rotatable bonds is 1. The van der Waals surface area contributed by atoms with E-state index in [1.165, 1.54) is 0 Å². The van der Waals surface area contributed by atoms with Crippen molar-refractivity contribution < 1.29 is 31.1 Å². The number of nitrogens with zero attached hydrogens (tertiary/aromatic N) is 1.